The van der Waals surface area contributed by atoms with Gasteiger partial charge in [0.25, 0.3) is 0 Å². The van der Waals surface area contributed by atoms with Gasteiger partial charge in [0.1, 0.15) is 0 Å². The number of aliphatic hydroxyl groups is 1. The number of carbonyl (C=O) groups excluding carboxylic acids is 1. The Kier molecular flexibility index (Phi) is 8.07. The fourth-order valence-electron chi connectivity index (χ4n) is 3.92. The molecule has 0 aromatic heterocycles. The summed E-state index contributed by atoms with van der Waals surface area (Å²) in [6.07, 6.45) is 4.83. The number of nitrogens with two attached hydrogens (primary N) is 1. The van der Waals surface area contributed by atoms with E-state index in [-0.39, 0.29) is 18.6 Å². The minimum atomic E-state index is -0.340. The number of benzene rings is 2. The lowest BCUT2D eigenvalue weighted by Crippen LogP contribution is -2.47. The number of rotatable bonds is 6. The highest BCUT2D eigenvalue weighted by Crippen LogP contribution is 2.22. The SMILES string of the molecule is CCC[C@@H](N)C(=O)N1CCC(Cc2ccc(C#Cc3ccc(CO)cc3)cc2)CC1. The summed E-state index contributed by atoms with van der Waals surface area (Å²) in [6, 6.07) is 15.8. The molecule has 1 fully saturated rings. The minimum absolute atomic E-state index is 0.0525. The van der Waals surface area contributed by atoms with Crippen molar-refractivity contribution in [3.05, 3.63) is 70.8 Å². The highest BCUT2D eigenvalue weighted by Gasteiger charge is 2.25. The van der Waals surface area contributed by atoms with Crippen LogP contribution in [0, 0.1) is 17.8 Å². The standard InChI is InChI=1S/C26H32N2O2/c1-2-3-25(27)26(30)28-16-14-23(15-17-28)18-22-10-6-20(7-11-22)4-5-21-8-12-24(19-29)13-9-21/h6-13,23,25,29H,2-3,14-19,27H2,1H3/t25-/m1/s1. The van der Waals surface area contributed by atoms with Gasteiger partial charge >= 0.3 is 0 Å². The third-order valence-corrected chi connectivity index (χ3v) is 5.81. The third kappa shape index (κ3) is 6.19. The molecule has 1 atom stereocenters. The Hall–Kier alpha value is -2.61. The molecule has 0 saturated carbocycles. The summed E-state index contributed by atoms with van der Waals surface area (Å²) in [5.41, 5.74) is 10.1. The van der Waals surface area contributed by atoms with Gasteiger partial charge in [-0.15, -0.1) is 0 Å². The zero-order valence-corrected chi connectivity index (χ0v) is 17.8. The van der Waals surface area contributed by atoms with Crippen molar-refractivity contribution in [2.24, 2.45) is 11.7 Å². The van der Waals surface area contributed by atoms with Gasteiger partial charge in [0.05, 0.1) is 12.6 Å². The second-order valence-corrected chi connectivity index (χ2v) is 8.17. The maximum atomic E-state index is 12.4. The number of carbonyl (C=O) groups is 1. The number of piperidine rings is 1. The van der Waals surface area contributed by atoms with Gasteiger partial charge in [-0.1, -0.05) is 49.5 Å². The van der Waals surface area contributed by atoms with E-state index in [4.69, 9.17) is 10.8 Å². The zero-order valence-electron chi connectivity index (χ0n) is 17.8. The van der Waals surface area contributed by atoms with E-state index < -0.39 is 0 Å². The summed E-state index contributed by atoms with van der Waals surface area (Å²) >= 11 is 0. The van der Waals surface area contributed by atoms with Crippen LogP contribution in [0.2, 0.25) is 0 Å². The quantitative estimate of drug-likeness (QED) is 0.725. The van der Waals surface area contributed by atoms with Crippen LogP contribution in [0.5, 0.6) is 0 Å². The van der Waals surface area contributed by atoms with Crippen LogP contribution in [0.25, 0.3) is 0 Å². The molecule has 158 valence electrons. The maximum absolute atomic E-state index is 12.4. The topological polar surface area (TPSA) is 66.6 Å². The van der Waals surface area contributed by atoms with E-state index in [1.807, 2.05) is 29.2 Å². The Morgan fingerprint density at radius 3 is 2.07 bits per heavy atom. The number of hydrogen-bond acceptors (Lipinski definition) is 3. The lowest BCUT2D eigenvalue weighted by Gasteiger charge is -2.33. The van der Waals surface area contributed by atoms with E-state index in [9.17, 15) is 4.79 Å². The summed E-state index contributed by atoms with van der Waals surface area (Å²) in [5, 5.41) is 9.10. The Morgan fingerprint density at radius 2 is 1.57 bits per heavy atom. The lowest BCUT2D eigenvalue weighted by molar-refractivity contribution is -0.134. The van der Waals surface area contributed by atoms with Crippen LogP contribution in [-0.2, 0) is 17.8 Å². The monoisotopic (exact) mass is 404 g/mol. The molecule has 0 radical (unpaired) electrons. The first-order valence-electron chi connectivity index (χ1n) is 10.9. The molecule has 0 spiro atoms. The van der Waals surface area contributed by atoms with Crippen molar-refractivity contribution in [2.75, 3.05) is 13.1 Å². The summed E-state index contributed by atoms with van der Waals surface area (Å²) in [7, 11) is 0. The Bertz CT molecular complexity index is 870. The Morgan fingerprint density at radius 1 is 1.03 bits per heavy atom. The van der Waals surface area contributed by atoms with Crippen molar-refractivity contribution >= 4 is 5.91 Å². The molecule has 1 saturated heterocycles. The van der Waals surface area contributed by atoms with Gasteiger partial charge in [0, 0.05) is 24.2 Å². The van der Waals surface area contributed by atoms with Crippen LogP contribution < -0.4 is 5.73 Å². The van der Waals surface area contributed by atoms with Crippen molar-refractivity contribution in [1.29, 1.82) is 0 Å². The summed E-state index contributed by atoms with van der Waals surface area (Å²) in [5.74, 6) is 7.09. The average molecular weight is 405 g/mol. The number of aliphatic hydroxyl groups excluding tert-OH is 1. The Balaban J connectivity index is 1.49. The van der Waals surface area contributed by atoms with Crippen molar-refractivity contribution in [3.8, 4) is 11.8 Å². The zero-order chi connectivity index (χ0) is 21.3. The van der Waals surface area contributed by atoms with Crippen molar-refractivity contribution in [2.45, 2.75) is 51.7 Å². The first-order chi connectivity index (χ1) is 14.6. The van der Waals surface area contributed by atoms with Crippen LogP contribution in [0.1, 0.15) is 54.9 Å². The maximum Gasteiger partial charge on any atom is 0.239 e. The normalized spacial score (nSPS) is 15.4. The van der Waals surface area contributed by atoms with Crippen LogP contribution in [0.4, 0.5) is 0 Å². The molecule has 2 aromatic carbocycles. The predicted molar refractivity (Wildman–Crippen MR) is 121 cm³/mol. The molecule has 4 heteroatoms. The minimum Gasteiger partial charge on any atom is -0.392 e. The van der Waals surface area contributed by atoms with E-state index in [1.165, 1.54) is 5.56 Å². The van der Waals surface area contributed by atoms with E-state index in [0.717, 1.165) is 61.9 Å². The van der Waals surface area contributed by atoms with Crippen LogP contribution in [0.15, 0.2) is 48.5 Å². The van der Waals surface area contributed by atoms with E-state index in [2.05, 4.69) is 43.0 Å². The molecule has 4 nitrogen and oxygen atoms in total. The Labute approximate surface area is 180 Å². The molecule has 0 aliphatic carbocycles. The number of hydrogen-bond donors (Lipinski definition) is 2. The summed E-state index contributed by atoms with van der Waals surface area (Å²) in [4.78, 5) is 14.3. The van der Waals surface area contributed by atoms with Crippen molar-refractivity contribution in [1.82, 2.24) is 4.90 Å². The lowest BCUT2D eigenvalue weighted by atomic mass is 9.89. The molecule has 3 rings (SSSR count). The molecular weight excluding hydrogens is 372 g/mol. The van der Waals surface area contributed by atoms with Crippen molar-refractivity contribution < 1.29 is 9.90 Å². The largest absolute Gasteiger partial charge is 0.392 e. The number of likely N-dealkylation sites (tertiary alicyclic amines) is 1. The van der Waals surface area contributed by atoms with Gasteiger partial charge in [-0.2, -0.15) is 0 Å². The summed E-state index contributed by atoms with van der Waals surface area (Å²) in [6.45, 7) is 3.75. The molecule has 1 aliphatic heterocycles. The molecule has 0 unspecified atom stereocenters. The molecule has 1 aliphatic rings. The second kappa shape index (κ2) is 11.0. The fraction of sp³-hybridized carbons (Fsp3) is 0.423. The highest BCUT2D eigenvalue weighted by molar-refractivity contribution is 5.81. The molecule has 0 bridgehead atoms. The number of amides is 1. The summed E-state index contributed by atoms with van der Waals surface area (Å²) < 4.78 is 0. The molecule has 1 heterocycles. The van der Waals surface area contributed by atoms with E-state index in [1.54, 1.807) is 0 Å². The smallest absolute Gasteiger partial charge is 0.239 e. The molecule has 1 amide bonds. The third-order valence-electron chi connectivity index (χ3n) is 5.81. The van der Waals surface area contributed by atoms with Gasteiger partial charge in [0.2, 0.25) is 5.91 Å². The highest BCUT2D eigenvalue weighted by atomic mass is 16.3. The molecular formula is C26H32N2O2. The van der Waals surface area contributed by atoms with Gasteiger partial charge < -0.3 is 15.7 Å². The van der Waals surface area contributed by atoms with Crippen LogP contribution >= 0.6 is 0 Å². The predicted octanol–water partition coefficient (Wildman–Crippen LogP) is 3.49. The first kappa shape index (κ1) is 22.1. The average Bonchev–Trinajstić information content (AvgIpc) is 2.79. The van der Waals surface area contributed by atoms with Gasteiger partial charge in [-0.05, 0) is 67.0 Å². The van der Waals surface area contributed by atoms with Gasteiger partial charge in [0.15, 0.2) is 0 Å². The van der Waals surface area contributed by atoms with Crippen LogP contribution in [-0.4, -0.2) is 35.0 Å². The molecule has 30 heavy (non-hydrogen) atoms. The fourth-order valence-corrected chi connectivity index (χ4v) is 3.92. The molecule has 2 aromatic rings. The first-order valence-corrected chi connectivity index (χ1v) is 10.9. The van der Waals surface area contributed by atoms with Gasteiger partial charge in [-0.3, -0.25) is 4.79 Å². The molecule has 3 N–H and O–H groups in total. The van der Waals surface area contributed by atoms with Crippen LogP contribution in [0.3, 0.4) is 0 Å². The van der Waals surface area contributed by atoms with E-state index >= 15 is 0 Å². The second-order valence-electron chi connectivity index (χ2n) is 8.17. The van der Waals surface area contributed by atoms with Gasteiger partial charge in [-0.25, -0.2) is 0 Å². The van der Waals surface area contributed by atoms with E-state index in [0.29, 0.717) is 5.92 Å². The number of nitrogens with zero attached hydrogens (tertiary/aromatic N) is 1. The van der Waals surface area contributed by atoms with Crippen molar-refractivity contribution in [3.63, 3.8) is 0 Å².